The average molecular weight is 523 g/mol. The molecule has 3 fully saturated rings. The number of fused-ring (bicyclic) bond motifs is 5. The van der Waals surface area contributed by atoms with Crippen LogP contribution >= 0.6 is 0 Å². The second-order valence-electron chi connectivity index (χ2n) is 13.8. The molecule has 3 saturated carbocycles. The highest BCUT2D eigenvalue weighted by Gasteiger charge is 2.69. The maximum absolute atomic E-state index is 13.4. The fraction of sp³-hybridized carbons (Fsp3) is 0.862. The van der Waals surface area contributed by atoms with Crippen LogP contribution in [0.25, 0.3) is 0 Å². The van der Waals surface area contributed by atoms with Gasteiger partial charge in [0.05, 0.1) is 23.4 Å². The molecule has 0 amide bonds. The van der Waals surface area contributed by atoms with Crippen molar-refractivity contribution in [1.29, 1.82) is 0 Å². The zero-order valence-corrected chi connectivity index (χ0v) is 23.2. The van der Waals surface area contributed by atoms with E-state index in [9.17, 15) is 35.1 Å². The fourth-order valence-corrected chi connectivity index (χ4v) is 8.69. The highest BCUT2D eigenvalue weighted by Crippen LogP contribution is 2.68. The van der Waals surface area contributed by atoms with Crippen molar-refractivity contribution < 1.29 is 39.9 Å². The number of carbonyl (C=O) groups excluding carboxylic acids is 2. The fourth-order valence-electron chi connectivity index (χ4n) is 8.69. The molecule has 0 spiro atoms. The Morgan fingerprint density at radius 2 is 1.76 bits per heavy atom. The molecule has 0 saturated heterocycles. The van der Waals surface area contributed by atoms with E-state index in [2.05, 4.69) is 0 Å². The maximum Gasteiger partial charge on any atom is 0.303 e. The zero-order chi connectivity index (χ0) is 27.8. The topological polar surface area (TPSA) is 145 Å². The first kappa shape index (κ1) is 28.7. The lowest BCUT2D eigenvalue weighted by Crippen LogP contribution is -2.63. The van der Waals surface area contributed by atoms with E-state index < -0.39 is 63.8 Å². The molecule has 10 atom stereocenters. The minimum Gasteiger partial charge on any atom is -0.459 e. The molecular formula is C29H46O8. The molecule has 5 N–H and O–H groups in total. The van der Waals surface area contributed by atoms with Crippen LogP contribution in [-0.4, -0.2) is 72.4 Å². The van der Waals surface area contributed by atoms with Gasteiger partial charge in [0.1, 0.15) is 11.7 Å². The van der Waals surface area contributed by atoms with Gasteiger partial charge in [0.2, 0.25) is 0 Å². The Morgan fingerprint density at radius 3 is 2.35 bits per heavy atom. The van der Waals surface area contributed by atoms with Crippen LogP contribution in [0.2, 0.25) is 0 Å². The molecule has 4 rings (SSSR count). The molecule has 0 bridgehead atoms. The van der Waals surface area contributed by atoms with Crippen LogP contribution in [0.1, 0.15) is 92.9 Å². The second-order valence-corrected chi connectivity index (χ2v) is 13.8. The minimum atomic E-state index is -1.47. The smallest absolute Gasteiger partial charge is 0.303 e. The number of esters is 1. The maximum atomic E-state index is 13.4. The van der Waals surface area contributed by atoms with E-state index in [0.717, 1.165) is 0 Å². The number of ether oxygens (including phenoxy) is 1. The van der Waals surface area contributed by atoms with Gasteiger partial charge in [-0.15, -0.1) is 0 Å². The SMILES string of the molecule is CC(=O)OC(CCC(C)(C)O)[C@](C)(O)[C@H]1CC[C@@]2(O)C3=CC(=O)[C@@H]4C[C@@H](O)[C@@H](O)C[C@]4(C)[C@@H]3CC[C@]12C. The van der Waals surface area contributed by atoms with Gasteiger partial charge in [0.15, 0.2) is 5.78 Å². The predicted molar refractivity (Wildman–Crippen MR) is 136 cm³/mol. The molecule has 37 heavy (non-hydrogen) atoms. The summed E-state index contributed by atoms with van der Waals surface area (Å²) < 4.78 is 5.61. The van der Waals surface area contributed by atoms with E-state index >= 15 is 0 Å². The third kappa shape index (κ3) is 4.50. The largest absolute Gasteiger partial charge is 0.459 e. The number of rotatable bonds is 6. The van der Waals surface area contributed by atoms with E-state index in [-0.39, 0.29) is 24.5 Å². The van der Waals surface area contributed by atoms with Gasteiger partial charge in [-0.05, 0) is 101 Å². The summed E-state index contributed by atoms with van der Waals surface area (Å²) in [4.78, 5) is 25.3. The van der Waals surface area contributed by atoms with Gasteiger partial charge in [-0.3, -0.25) is 9.59 Å². The normalized spacial score (nSPS) is 44.1. The highest BCUT2D eigenvalue weighted by atomic mass is 16.6. The van der Waals surface area contributed by atoms with E-state index in [1.807, 2.05) is 13.8 Å². The molecule has 0 radical (unpaired) electrons. The highest BCUT2D eigenvalue weighted by molar-refractivity contribution is 5.95. The molecule has 1 unspecified atom stereocenters. The summed E-state index contributed by atoms with van der Waals surface area (Å²) in [5.41, 5.74) is -4.45. The van der Waals surface area contributed by atoms with Crippen LogP contribution in [0.3, 0.4) is 0 Å². The number of hydrogen-bond acceptors (Lipinski definition) is 8. The lowest BCUT2D eigenvalue weighted by Gasteiger charge is -2.60. The summed E-state index contributed by atoms with van der Waals surface area (Å²) >= 11 is 0. The Bertz CT molecular complexity index is 965. The quantitative estimate of drug-likeness (QED) is 0.335. The summed E-state index contributed by atoms with van der Waals surface area (Å²) in [6, 6.07) is 0. The Hall–Kier alpha value is -1.32. The van der Waals surface area contributed by atoms with E-state index in [0.29, 0.717) is 44.1 Å². The average Bonchev–Trinajstić information content (AvgIpc) is 3.04. The third-order valence-corrected chi connectivity index (χ3v) is 10.8. The standard InChI is InChI=1S/C29H46O8/c1-16(30)37-24(9-10-25(2,3)34)28(6,35)23-8-12-29(36)18-13-20(31)19-14-21(32)22(33)15-26(19,4)17(18)7-11-27(23,29)5/h13,17,19,21-24,32-36H,7-12,14-15H2,1-6H3/t17-,19+,21-,22+,23+,24?,26-,27-,28-,29-/m1/s1. The van der Waals surface area contributed by atoms with E-state index in [4.69, 9.17) is 4.74 Å². The Balaban J connectivity index is 1.69. The molecule has 4 aliphatic rings. The molecule has 0 heterocycles. The van der Waals surface area contributed by atoms with Crippen molar-refractivity contribution in [3.05, 3.63) is 11.6 Å². The Morgan fingerprint density at radius 1 is 1.11 bits per heavy atom. The molecule has 0 aromatic rings. The molecule has 4 aliphatic carbocycles. The lowest BCUT2D eigenvalue weighted by atomic mass is 9.45. The van der Waals surface area contributed by atoms with Crippen LogP contribution in [0.15, 0.2) is 11.6 Å². The summed E-state index contributed by atoms with van der Waals surface area (Å²) in [6.07, 6.45) is 2.13. The Kier molecular flexibility index (Phi) is 7.07. The van der Waals surface area contributed by atoms with Gasteiger partial charge in [-0.1, -0.05) is 13.8 Å². The second kappa shape index (κ2) is 9.12. The summed E-state index contributed by atoms with van der Waals surface area (Å²) in [6.45, 7) is 10.3. The zero-order valence-electron chi connectivity index (χ0n) is 23.2. The van der Waals surface area contributed by atoms with E-state index in [1.54, 1.807) is 26.8 Å². The number of allylic oxidation sites excluding steroid dienone is 1. The van der Waals surface area contributed by atoms with E-state index in [1.165, 1.54) is 6.92 Å². The Labute approximate surface area is 220 Å². The van der Waals surface area contributed by atoms with Crippen molar-refractivity contribution in [3.8, 4) is 0 Å². The number of carbonyl (C=O) groups is 2. The molecular weight excluding hydrogens is 476 g/mol. The van der Waals surface area contributed by atoms with Crippen LogP contribution in [-0.2, 0) is 14.3 Å². The first-order valence-corrected chi connectivity index (χ1v) is 13.8. The number of hydrogen-bond donors (Lipinski definition) is 5. The lowest BCUT2D eigenvalue weighted by molar-refractivity contribution is -0.192. The van der Waals surface area contributed by atoms with Crippen molar-refractivity contribution >= 4 is 11.8 Å². The summed E-state index contributed by atoms with van der Waals surface area (Å²) in [7, 11) is 0. The molecule has 0 aromatic heterocycles. The monoisotopic (exact) mass is 522 g/mol. The summed E-state index contributed by atoms with van der Waals surface area (Å²) in [5.74, 6) is -1.56. The van der Waals surface area contributed by atoms with Crippen LogP contribution in [0.4, 0.5) is 0 Å². The first-order chi connectivity index (χ1) is 16.9. The molecule has 210 valence electrons. The van der Waals surface area contributed by atoms with Gasteiger partial charge in [-0.25, -0.2) is 0 Å². The van der Waals surface area contributed by atoms with Gasteiger partial charge >= 0.3 is 5.97 Å². The van der Waals surface area contributed by atoms with Crippen molar-refractivity contribution in [2.45, 2.75) is 128 Å². The van der Waals surface area contributed by atoms with Gasteiger partial charge in [-0.2, -0.15) is 0 Å². The molecule has 0 aromatic carbocycles. The van der Waals surface area contributed by atoms with Gasteiger partial charge in [0, 0.05) is 18.3 Å². The molecule has 0 aliphatic heterocycles. The van der Waals surface area contributed by atoms with Crippen molar-refractivity contribution in [1.82, 2.24) is 0 Å². The number of aliphatic hydroxyl groups excluding tert-OH is 2. The van der Waals surface area contributed by atoms with Gasteiger partial charge in [0.25, 0.3) is 0 Å². The summed E-state index contributed by atoms with van der Waals surface area (Å²) in [5, 5.41) is 55.4. The van der Waals surface area contributed by atoms with Gasteiger partial charge < -0.3 is 30.3 Å². The van der Waals surface area contributed by atoms with Crippen LogP contribution in [0, 0.1) is 28.6 Å². The van der Waals surface area contributed by atoms with Crippen molar-refractivity contribution in [2.75, 3.05) is 0 Å². The first-order valence-electron chi connectivity index (χ1n) is 13.8. The number of aliphatic hydroxyl groups is 5. The predicted octanol–water partition coefficient (Wildman–Crippen LogP) is 2.42. The molecule has 8 heteroatoms. The third-order valence-electron chi connectivity index (χ3n) is 10.8. The van der Waals surface area contributed by atoms with Crippen LogP contribution in [0.5, 0.6) is 0 Å². The molecule has 8 nitrogen and oxygen atoms in total. The number of ketones is 1. The van der Waals surface area contributed by atoms with Crippen LogP contribution < -0.4 is 0 Å². The van der Waals surface area contributed by atoms with Crippen molar-refractivity contribution in [3.63, 3.8) is 0 Å². The van der Waals surface area contributed by atoms with Crippen molar-refractivity contribution in [2.24, 2.45) is 28.6 Å². The minimum absolute atomic E-state index is 0.112.